The molecule has 3 nitrogen and oxygen atoms in total. The number of hydrogen-bond donors (Lipinski definition) is 1. The van der Waals surface area contributed by atoms with Gasteiger partial charge in [0.05, 0.1) is 0 Å². The molecule has 4 heteroatoms. The topological polar surface area (TPSA) is 27.6 Å². The van der Waals surface area contributed by atoms with Gasteiger partial charge in [0.1, 0.15) is 0 Å². The highest BCUT2D eigenvalue weighted by Gasteiger charge is 2.28. The number of nitrogens with one attached hydrogen (secondary N) is 1. The molecule has 1 N–H and O–H groups in total. The first-order valence-corrected chi connectivity index (χ1v) is 8.70. The Kier molecular flexibility index (Phi) is 6.74. The first-order valence-electron chi connectivity index (χ1n) is 8.70. The Hall–Kier alpha value is -0.780. The van der Waals surface area contributed by atoms with Crippen LogP contribution in [0.3, 0.4) is 0 Å². The average molecular weight is 427 g/mol. The summed E-state index contributed by atoms with van der Waals surface area (Å²) in [6.07, 6.45) is 3.85. The van der Waals surface area contributed by atoms with Crippen LogP contribution < -0.4 is 5.32 Å². The maximum Gasteiger partial charge on any atom is 0.193 e. The van der Waals surface area contributed by atoms with Crippen molar-refractivity contribution in [1.29, 1.82) is 0 Å². The van der Waals surface area contributed by atoms with Gasteiger partial charge < -0.3 is 10.2 Å². The monoisotopic (exact) mass is 427 g/mol. The Morgan fingerprint density at radius 3 is 2.83 bits per heavy atom. The second kappa shape index (κ2) is 8.36. The Morgan fingerprint density at radius 1 is 1.35 bits per heavy atom. The van der Waals surface area contributed by atoms with Crippen LogP contribution in [0.5, 0.6) is 0 Å². The number of benzene rings is 1. The van der Waals surface area contributed by atoms with E-state index < -0.39 is 0 Å². The van der Waals surface area contributed by atoms with Crippen LogP contribution >= 0.6 is 24.0 Å². The van der Waals surface area contributed by atoms with Crippen LogP contribution in [0.4, 0.5) is 0 Å². The van der Waals surface area contributed by atoms with Gasteiger partial charge in [-0.3, -0.25) is 4.99 Å². The van der Waals surface area contributed by atoms with Gasteiger partial charge in [0, 0.05) is 32.6 Å². The van der Waals surface area contributed by atoms with E-state index in [4.69, 9.17) is 0 Å². The highest BCUT2D eigenvalue weighted by Crippen LogP contribution is 2.34. The smallest absolute Gasteiger partial charge is 0.193 e. The summed E-state index contributed by atoms with van der Waals surface area (Å²) in [6, 6.07) is 8.80. The van der Waals surface area contributed by atoms with Gasteiger partial charge in [-0.1, -0.05) is 38.1 Å². The maximum atomic E-state index is 4.50. The van der Waals surface area contributed by atoms with Crippen molar-refractivity contribution >= 4 is 29.9 Å². The van der Waals surface area contributed by atoms with E-state index in [9.17, 15) is 0 Å². The van der Waals surface area contributed by atoms with Crippen molar-refractivity contribution in [3.63, 3.8) is 0 Å². The molecule has 0 amide bonds. The lowest BCUT2D eigenvalue weighted by atomic mass is 9.78. The lowest BCUT2D eigenvalue weighted by Gasteiger charge is -2.32. The van der Waals surface area contributed by atoms with Crippen molar-refractivity contribution < 1.29 is 0 Å². The van der Waals surface area contributed by atoms with Crippen LogP contribution in [-0.2, 0) is 6.42 Å². The van der Waals surface area contributed by atoms with Gasteiger partial charge in [-0.05, 0) is 42.2 Å². The number of nitrogens with zero attached hydrogens (tertiary/aromatic N) is 2. The molecule has 1 aliphatic heterocycles. The summed E-state index contributed by atoms with van der Waals surface area (Å²) in [5.74, 6) is 3.38. The number of fused-ring (bicyclic) bond motifs is 1. The number of likely N-dealkylation sites (tertiary alicyclic amines) is 1. The third-order valence-corrected chi connectivity index (χ3v) is 5.07. The Balaban J connectivity index is 0.00000192. The summed E-state index contributed by atoms with van der Waals surface area (Å²) in [4.78, 5) is 6.94. The molecule has 3 rings (SSSR count). The third kappa shape index (κ3) is 4.40. The van der Waals surface area contributed by atoms with Crippen LogP contribution in [0.15, 0.2) is 29.3 Å². The Bertz CT molecular complexity index is 541. The summed E-state index contributed by atoms with van der Waals surface area (Å²) < 4.78 is 0. The molecule has 23 heavy (non-hydrogen) atoms. The molecule has 1 aromatic carbocycles. The summed E-state index contributed by atoms with van der Waals surface area (Å²) in [5.41, 5.74) is 3.03. The van der Waals surface area contributed by atoms with E-state index in [1.165, 1.54) is 36.9 Å². The molecule has 1 aliphatic carbocycles. The highest BCUT2D eigenvalue weighted by atomic mass is 127. The van der Waals surface area contributed by atoms with Gasteiger partial charge >= 0.3 is 0 Å². The molecular weight excluding hydrogens is 397 g/mol. The van der Waals surface area contributed by atoms with Crippen molar-refractivity contribution in [3.8, 4) is 0 Å². The average Bonchev–Trinajstić information content (AvgIpc) is 2.91. The lowest BCUT2D eigenvalue weighted by molar-refractivity contribution is 0.402. The molecule has 2 atom stereocenters. The van der Waals surface area contributed by atoms with E-state index in [-0.39, 0.29) is 24.0 Å². The molecule has 2 aliphatic rings. The fourth-order valence-electron chi connectivity index (χ4n) is 3.98. The molecule has 0 bridgehead atoms. The van der Waals surface area contributed by atoms with Gasteiger partial charge in [0.25, 0.3) is 0 Å². The fraction of sp³-hybridized carbons (Fsp3) is 0.632. The van der Waals surface area contributed by atoms with Crippen molar-refractivity contribution in [2.45, 2.75) is 39.0 Å². The fourth-order valence-corrected chi connectivity index (χ4v) is 3.98. The molecule has 1 heterocycles. The minimum absolute atomic E-state index is 0. The summed E-state index contributed by atoms with van der Waals surface area (Å²) in [7, 11) is 1.91. The zero-order chi connectivity index (χ0) is 15.5. The zero-order valence-corrected chi connectivity index (χ0v) is 16.9. The van der Waals surface area contributed by atoms with E-state index in [1.54, 1.807) is 0 Å². The molecule has 2 unspecified atom stereocenters. The molecule has 1 fully saturated rings. The quantitative estimate of drug-likeness (QED) is 0.449. The van der Waals surface area contributed by atoms with Gasteiger partial charge in [-0.25, -0.2) is 0 Å². The molecular formula is C19H30IN3. The second-order valence-corrected chi connectivity index (χ2v) is 7.26. The van der Waals surface area contributed by atoms with Crippen LogP contribution in [0, 0.1) is 11.8 Å². The summed E-state index contributed by atoms with van der Waals surface area (Å²) >= 11 is 0. The number of aliphatic imine (C=N–C) groups is 1. The first-order chi connectivity index (χ1) is 10.7. The Morgan fingerprint density at radius 2 is 2.13 bits per heavy atom. The molecule has 0 radical (unpaired) electrons. The normalized spacial score (nSPS) is 23.3. The molecule has 0 aromatic heterocycles. The van der Waals surface area contributed by atoms with Crippen molar-refractivity contribution in [1.82, 2.24) is 10.2 Å². The summed E-state index contributed by atoms with van der Waals surface area (Å²) in [6.45, 7) is 7.97. The van der Waals surface area contributed by atoms with E-state index in [0.29, 0.717) is 5.92 Å². The lowest BCUT2D eigenvalue weighted by Crippen LogP contribution is -2.43. The van der Waals surface area contributed by atoms with Crippen LogP contribution in [0.25, 0.3) is 0 Å². The van der Waals surface area contributed by atoms with Gasteiger partial charge in [-0.2, -0.15) is 0 Å². The Labute approximate surface area is 158 Å². The molecule has 0 saturated carbocycles. The van der Waals surface area contributed by atoms with Gasteiger partial charge in [0.15, 0.2) is 5.96 Å². The molecule has 128 valence electrons. The molecule has 0 spiro atoms. The van der Waals surface area contributed by atoms with Crippen LogP contribution in [0.1, 0.15) is 43.7 Å². The molecule has 1 aromatic rings. The van der Waals surface area contributed by atoms with E-state index in [0.717, 1.165) is 30.9 Å². The van der Waals surface area contributed by atoms with Gasteiger partial charge in [-0.15, -0.1) is 24.0 Å². The highest BCUT2D eigenvalue weighted by molar-refractivity contribution is 14.0. The minimum Gasteiger partial charge on any atom is -0.356 e. The minimum atomic E-state index is 0. The number of halogens is 1. The van der Waals surface area contributed by atoms with Gasteiger partial charge in [0.2, 0.25) is 0 Å². The van der Waals surface area contributed by atoms with E-state index in [2.05, 4.69) is 53.3 Å². The SMILES string of the molecule is CN=C(NCC1Cc2ccccc21)N1CCC(CC(C)C)C1.I. The van der Waals surface area contributed by atoms with Crippen molar-refractivity contribution in [2.75, 3.05) is 26.7 Å². The predicted octanol–water partition coefficient (Wildman–Crippen LogP) is 3.89. The van der Waals surface area contributed by atoms with Crippen molar-refractivity contribution in [2.24, 2.45) is 16.8 Å². The van der Waals surface area contributed by atoms with Crippen LogP contribution in [-0.4, -0.2) is 37.5 Å². The van der Waals surface area contributed by atoms with E-state index in [1.807, 2.05) is 7.05 Å². The number of rotatable bonds is 4. The number of guanidine groups is 1. The largest absolute Gasteiger partial charge is 0.356 e. The van der Waals surface area contributed by atoms with Crippen LogP contribution in [0.2, 0.25) is 0 Å². The predicted molar refractivity (Wildman–Crippen MR) is 109 cm³/mol. The maximum absolute atomic E-state index is 4.50. The van der Waals surface area contributed by atoms with E-state index >= 15 is 0 Å². The summed E-state index contributed by atoms with van der Waals surface area (Å²) in [5, 5.41) is 3.60. The molecule has 1 saturated heterocycles. The third-order valence-electron chi connectivity index (χ3n) is 5.07. The first kappa shape index (κ1) is 18.6. The standard InChI is InChI=1S/C19H29N3.HI/c1-14(2)10-15-8-9-22(13-15)19(20-3)21-12-17-11-16-6-4-5-7-18(16)17;/h4-7,14-15,17H,8-13H2,1-3H3,(H,20,21);1H. The van der Waals surface area contributed by atoms with Crippen molar-refractivity contribution in [3.05, 3.63) is 35.4 Å². The second-order valence-electron chi connectivity index (χ2n) is 7.26. The zero-order valence-electron chi connectivity index (χ0n) is 14.6. The number of hydrogen-bond acceptors (Lipinski definition) is 1.